The lowest BCUT2D eigenvalue weighted by atomic mass is 10.0. The topological polar surface area (TPSA) is 159 Å². The summed E-state index contributed by atoms with van der Waals surface area (Å²) in [5.41, 5.74) is 5.30. The van der Waals surface area contributed by atoms with Crippen molar-refractivity contribution in [1.29, 1.82) is 0 Å². The number of likely N-dealkylation sites (tertiary alicyclic amines) is 2. The number of nitrogens with zero attached hydrogens (tertiary/aromatic N) is 4. The number of sulfonamides is 2. The van der Waals surface area contributed by atoms with E-state index < -0.39 is 32.1 Å². The Hall–Kier alpha value is -5.10. The highest BCUT2D eigenvalue weighted by Crippen LogP contribution is 2.41. The van der Waals surface area contributed by atoms with Gasteiger partial charge < -0.3 is 9.80 Å². The number of amides is 2. The molecule has 6 aromatic rings. The highest BCUT2D eigenvalue weighted by atomic mass is 32.2. The zero-order valence-electron chi connectivity index (χ0n) is 33.0. The molecule has 2 amide bonds. The van der Waals surface area contributed by atoms with Crippen LogP contribution in [0.5, 0.6) is 0 Å². The standard InChI is InChI=1S/C44H44N6O6S4/c1-59(53,54)47-39(33-11-5-3-6-12-33)43(51)49-25-9-15-35(49)41-45-27-37(57-41)31-21-17-29(18-22-31)30-19-23-32(24-20-30)38-28-46-42(58-38)36-16-10-26-50(36)44(52)40(48-60(2,55)56)34-13-7-4-8-14-34/h3-8,11-14,17-24,27-28,35-36,39-40,47-48H,9-10,15-16,25-26H2,1-2H3/t35-,36-,39+,40+/m0/s1. The lowest BCUT2D eigenvalue weighted by molar-refractivity contribution is -0.134. The fraction of sp³-hybridized carbons (Fsp3) is 0.273. The van der Waals surface area contributed by atoms with Crippen molar-refractivity contribution in [2.75, 3.05) is 25.6 Å². The van der Waals surface area contributed by atoms with Crippen molar-refractivity contribution < 1.29 is 26.4 Å². The normalized spacial score (nSPS) is 18.1. The van der Waals surface area contributed by atoms with Crippen LogP contribution < -0.4 is 9.44 Å². The maximum absolute atomic E-state index is 13.9. The van der Waals surface area contributed by atoms with Crippen LogP contribution in [0.25, 0.3) is 32.0 Å². The average molecular weight is 881 g/mol. The summed E-state index contributed by atoms with van der Waals surface area (Å²) in [7, 11) is -7.31. The smallest absolute Gasteiger partial charge is 0.245 e. The van der Waals surface area contributed by atoms with Gasteiger partial charge in [0.15, 0.2) is 0 Å². The minimum atomic E-state index is -3.66. The van der Waals surface area contributed by atoms with Crippen LogP contribution in [0, 0.1) is 0 Å². The minimum Gasteiger partial charge on any atom is -0.332 e. The van der Waals surface area contributed by atoms with Crippen LogP contribution in [-0.2, 0) is 29.6 Å². The molecule has 2 saturated heterocycles. The van der Waals surface area contributed by atoms with E-state index in [1.807, 2.05) is 24.5 Å². The highest BCUT2D eigenvalue weighted by Gasteiger charge is 2.39. The number of nitrogens with one attached hydrogen (secondary N) is 2. The van der Waals surface area contributed by atoms with Crippen LogP contribution in [-0.4, -0.2) is 74.0 Å². The highest BCUT2D eigenvalue weighted by molar-refractivity contribution is 7.89. The molecule has 0 spiro atoms. The second kappa shape index (κ2) is 17.5. The number of hydrogen-bond acceptors (Lipinski definition) is 10. The molecular weight excluding hydrogens is 837 g/mol. The van der Waals surface area contributed by atoms with Crippen molar-refractivity contribution in [3.8, 4) is 32.0 Å². The molecule has 2 N–H and O–H groups in total. The van der Waals surface area contributed by atoms with Gasteiger partial charge in [0, 0.05) is 25.5 Å². The molecule has 0 aliphatic carbocycles. The lowest BCUT2D eigenvalue weighted by Crippen LogP contribution is -2.42. The van der Waals surface area contributed by atoms with Gasteiger partial charge in [0.25, 0.3) is 0 Å². The van der Waals surface area contributed by atoms with Gasteiger partial charge in [-0.2, -0.15) is 9.44 Å². The molecule has 12 nitrogen and oxygen atoms in total. The first-order chi connectivity index (χ1) is 28.8. The predicted octanol–water partition coefficient (Wildman–Crippen LogP) is 7.51. The van der Waals surface area contributed by atoms with E-state index >= 15 is 0 Å². The Balaban J connectivity index is 0.935. The third kappa shape index (κ3) is 9.43. The Morgan fingerprint density at radius 3 is 1.27 bits per heavy atom. The second-order valence-electron chi connectivity index (χ2n) is 15.1. The van der Waals surface area contributed by atoms with Crippen LogP contribution in [0.3, 0.4) is 0 Å². The Morgan fingerprint density at radius 1 is 0.567 bits per heavy atom. The van der Waals surface area contributed by atoms with Gasteiger partial charge in [-0.1, -0.05) is 109 Å². The number of thiazole rings is 2. The number of benzene rings is 4. The van der Waals surface area contributed by atoms with Crippen LogP contribution in [0.4, 0.5) is 0 Å². The first-order valence-electron chi connectivity index (χ1n) is 19.6. The maximum atomic E-state index is 13.9. The summed E-state index contributed by atoms with van der Waals surface area (Å²) in [6.45, 7) is 1.04. The molecule has 2 aliphatic heterocycles. The fourth-order valence-corrected chi connectivity index (χ4v) is 11.4. The van der Waals surface area contributed by atoms with Crippen molar-refractivity contribution in [1.82, 2.24) is 29.2 Å². The van der Waals surface area contributed by atoms with E-state index in [0.717, 1.165) is 80.2 Å². The van der Waals surface area contributed by atoms with E-state index in [-0.39, 0.29) is 23.9 Å². The van der Waals surface area contributed by atoms with Crippen molar-refractivity contribution in [2.45, 2.75) is 49.9 Å². The molecule has 0 bridgehead atoms. The zero-order valence-corrected chi connectivity index (χ0v) is 36.2. The number of aromatic nitrogens is 2. The fourth-order valence-electron chi connectivity index (χ4n) is 7.95. The van der Waals surface area contributed by atoms with E-state index in [4.69, 9.17) is 9.97 Å². The van der Waals surface area contributed by atoms with Crippen molar-refractivity contribution in [3.63, 3.8) is 0 Å². The van der Waals surface area contributed by atoms with Gasteiger partial charge in [0.2, 0.25) is 31.9 Å². The molecule has 0 radical (unpaired) electrons. The molecule has 16 heteroatoms. The van der Waals surface area contributed by atoms with Gasteiger partial charge in [0.05, 0.1) is 34.3 Å². The zero-order chi connectivity index (χ0) is 42.0. The third-order valence-electron chi connectivity index (χ3n) is 10.8. The van der Waals surface area contributed by atoms with E-state index in [0.29, 0.717) is 24.2 Å². The molecule has 0 unspecified atom stereocenters. The number of carbonyl (C=O) groups is 2. The average Bonchev–Trinajstić information content (AvgIpc) is 4.09. The summed E-state index contributed by atoms with van der Waals surface area (Å²) >= 11 is 3.09. The molecule has 4 aromatic carbocycles. The number of rotatable bonds is 13. The van der Waals surface area contributed by atoms with Crippen molar-refractivity contribution >= 4 is 54.5 Å². The largest absolute Gasteiger partial charge is 0.332 e. The molecule has 2 fully saturated rings. The number of carbonyl (C=O) groups excluding carboxylic acids is 2. The molecule has 8 rings (SSSR count). The maximum Gasteiger partial charge on any atom is 0.245 e. The van der Waals surface area contributed by atoms with Gasteiger partial charge in [0.1, 0.15) is 22.1 Å². The van der Waals surface area contributed by atoms with E-state index in [9.17, 15) is 26.4 Å². The summed E-state index contributed by atoms with van der Waals surface area (Å²) in [5.74, 6) is -0.578. The minimum absolute atomic E-state index is 0.243. The van der Waals surface area contributed by atoms with Gasteiger partial charge in [-0.15, -0.1) is 22.7 Å². The number of hydrogen-bond donors (Lipinski definition) is 2. The molecule has 2 aliphatic rings. The third-order valence-corrected chi connectivity index (χ3v) is 14.4. The van der Waals surface area contributed by atoms with E-state index in [2.05, 4.69) is 58.0 Å². The molecule has 4 atom stereocenters. The first-order valence-corrected chi connectivity index (χ1v) is 25.0. The summed E-state index contributed by atoms with van der Waals surface area (Å²) in [6.07, 6.45) is 8.89. The van der Waals surface area contributed by atoms with Crippen molar-refractivity contribution in [2.24, 2.45) is 0 Å². The molecule has 0 saturated carbocycles. The monoisotopic (exact) mass is 880 g/mol. The first kappa shape index (κ1) is 41.6. The molecular formula is C44H44N6O6S4. The summed E-state index contributed by atoms with van der Waals surface area (Å²) in [6, 6.07) is 31.9. The molecule has 60 heavy (non-hydrogen) atoms. The molecule has 310 valence electrons. The Labute approximate surface area is 358 Å². The van der Waals surface area contributed by atoms with Crippen molar-refractivity contribution in [3.05, 3.63) is 143 Å². The molecule has 2 aromatic heterocycles. The van der Waals surface area contributed by atoms with Crippen LogP contribution >= 0.6 is 22.7 Å². The Kier molecular flexibility index (Phi) is 12.1. The van der Waals surface area contributed by atoms with Crippen LogP contribution in [0.2, 0.25) is 0 Å². The van der Waals surface area contributed by atoms with E-state index in [1.165, 1.54) is 0 Å². The lowest BCUT2D eigenvalue weighted by Gasteiger charge is -2.28. The predicted molar refractivity (Wildman–Crippen MR) is 236 cm³/mol. The Bertz CT molecular complexity index is 2500. The summed E-state index contributed by atoms with van der Waals surface area (Å²) < 4.78 is 54.1. The second-order valence-corrected chi connectivity index (χ2v) is 20.8. The van der Waals surface area contributed by atoms with Gasteiger partial charge in [-0.05, 0) is 59.1 Å². The van der Waals surface area contributed by atoms with Gasteiger partial charge >= 0.3 is 0 Å². The van der Waals surface area contributed by atoms with E-state index in [1.54, 1.807) is 81.0 Å². The summed E-state index contributed by atoms with van der Waals surface area (Å²) in [5, 5.41) is 1.64. The Morgan fingerprint density at radius 2 is 0.917 bits per heavy atom. The summed E-state index contributed by atoms with van der Waals surface area (Å²) in [4.78, 5) is 42.7. The van der Waals surface area contributed by atoms with Crippen LogP contribution in [0.15, 0.2) is 122 Å². The van der Waals surface area contributed by atoms with Crippen LogP contribution in [0.1, 0.15) is 71.0 Å². The SMILES string of the molecule is CS(=O)(=O)N[C@@H](C(=O)N1CCC[C@H]1c1ncc(-c2ccc(-c3ccc(-c4cnc([C@@H]5CCCN5C(=O)[C@H](NS(C)(=O)=O)c5ccccc5)s4)cc3)cc2)s1)c1ccccc1. The van der Waals surface area contributed by atoms with Gasteiger partial charge in [-0.3, -0.25) is 9.59 Å². The quantitative estimate of drug-likeness (QED) is 0.121. The molecule has 4 heterocycles. The van der Waals surface area contributed by atoms with Gasteiger partial charge in [-0.25, -0.2) is 26.8 Å².